The molecule has 1 rings (SSSR count). The van der Waals surface area contributed by atoms with Gasteiger partial charge in [-0.25, -0.2) is 0 Å². The summed E-state index contributed by atoms with van der Waals surface area (Å²) in [5.74, 6) is 3.01. The van der Waals surface area contributed by atoms with Gasteiger partial charge in [-0.1, -0.05) is 5.92 Å². The van der Waals surface area contributed by atoms with Crippen molar-refractivity contribution in [1.29, 1.82) is 0 Å². The van der Waals surface area contributed by atoms with Gasteiger partial charge in [0.1, 0.15) is 0 Å². The summed E-state index contributed by atoms with van der Waals surface area (Å²) < 4.78 is 0. The van der Waals surface area contributed by atoms with Crippen LogP contribution in [0.4, 0.5) is 0 Å². The zero-order valence-electron chi connectivity index (χ0n) is 5.42. The molecule has 0 aromatic rings. The number of rotatable bonds is 0. The van der Waals surface area contributed by atoms with Gasteiger partial charge in [-0.05, 0) is 17.7 Å². The third-order valence-corrected chi connectivity index (χ3v) is 1.98. The lowest BCUT2D eigenvalue weighted by Crippen LogP contribution is -2.17. The van der Waals surface area contributed by atoms with E-state index in [0.29, 0.717) is 12.8 Å². The molecule has 0 aromatic heterocycles. The molecule has 0 heterocycles. The van der Waals surface area contributed by atoms with Crippen molar-refractivity contribution in [2.45, 2.75) is 25.0 Å². The largest absolute Gasteiger partial charge is 0.390 e. The van der Waals surface area contributed by atoms with E-state index in [1.54, 1.807) is 0 Å². The Morgan fingerprint density at radius 1 is 1.20 bits per heavy atom. The number of aliphatic hydroxyl groups excluding tert-OH is 2. The van der Waals surface area contributed by atoms with Crippen LogP contribution in [0.3, 0.4) is 0 Å². The van der Waals surface area contributed by atoms with Gasteiger partial charge in [0.15, 0.2) is 0 Å². The zero-order valence-corrected chi connectivity index (χ0v) is 7.00. The van der Waals surface area contributed by atoms with Gasteiger partial charge in [0.25, 0.3) is 0 Å². The quantitative estimate of drug-likeness (QED) is 0.564. The molecule has 10 heavy (non-hydrogen) atoms. The second kappa shape index (κ2) is 3.38. The molecule has 0 aliphatic heterocycles. The fourth-order valence-electron chi connectivity index (χ4n) is 1.19. The first kappa shape index (κ1) is 8.06. The van der Waals surface area contributed by atoms with Crippen LogP contribution in [0.2, 0.25) is 0 Å². The highest BCUT2D eigenvalue weighted by Gasteiger charge is 2.29. The van der Waals surface area contributed by atoms with Crippen molar-refractivity contribution in [2.24, 2.45) is 5.92 Å². The molecule has 0 amide bonds. The topological polar surface area (TPSA) is 40.5 Å². The van der Waals surface area contributed by atoms with E-state index in [4.69, 9.17) is 10.2 Å². The minimum absolute atomic E-state index is 0.157. The fraction of sp³-hybridized carbons (Fsp3) is 0.714. The molecule has 1 aliphatic rings. The van der Waals surface area contributed by atoms with Gasteiger partial charge in [0, 0.05) is 21.8 Å². The SMILES string of the molecule is O[C@@H]1C[C@H](C#CBr)C[C@@H]1O. The Labute approximate surface area is 68.4 Å². The van der Waals surface area contributed by atoms with E-state index < -0.39 is 12.2 Å². The molecule has 2 nitrogen and oxygen atoms in total. The number of hydrogen-bond acceptors (Lipinski definition) is 2. The maximum atomic E-state index is 9.06. The van der Waals surface area contributed by atoms with E-state index in [0.717, 1.165) is 0 Å². The lowest BCUT2D eigenvalue weighted by atomic mass is 10.1. The molecule has 0 bridgehead atoms. The highest BCUT2D eigenvalue weighted by atomic mass is 79.9. The molecule has 0 spiro atoms. The molecular weight excluding hydrogens is 196 g/mol. The molecule has 2 N–H and O–H groups in total. The average molecular weight is 205 g/mol. The second-order valence-corrected chi connectivity index (χ2v) is 2.94. The van der Waals surface area contributed by atoms with E-state index in [1.165, 1.54) is 0 Å². The van der Waals surface area contributed by atoms with Crippen molar-refractivity contribution < 1.29 is 10.2 Å². The second-order valence-electron chi connectivity index (χ2n) is 2.54. The van der Waals surface area contributed by atoms with Gasteiger partial charge < -0.3 is 10.2 Å². The molecule has 0 saturated heterocycles. The summed E-state index contributed by atoms with van der Waals surface area (Å²) in [7, 11) is 0. The summed E-state index contributed by atoms with van der Waals surface area (Å²) >= 11 is 2.97. The van der Waals surface area contributed by atoms with Gasteiger partial charge in [-0.3, -0.25) is 0 Å². The molecule has 0 aromatic carbocycles. The normalized spacial score (nSPS) is 38.9. The van der Waals surface area contributed by atoms with Crippen molar-refractivity contribution >= 4 is 15.9 Å². The van der Waals surface area contributed by atoms with Crippen LogP contribution in [0.15, 0.2) is 0 Å². The number of hydrogen-bond donors (Lipinski definition) is 2. The van der Waals surface area contributed by atoms with Crippen LogP contribution >= 0.6 is 15.9 Å². The summed E-state index contributed by atoms with van der Waals surface area (Å²) in [6, 6.07) is 0. The van der Waals surface area contributed by atoms with E-state index in [1.807, 2.05) is 0 Å². The fourth-order valence-corrected chi connectivity index (χ4v) is 1.51. The van der Waals surface area contributed by atoms with Gasteiger partial charge in [-0.15, -0.1) is 0 Å². The van der Waals surface area contributed by atoms with Gasteiger partial charge in [0.05, 0.1) is 12.2 Å². The van der Waals surface area contributed by atoms with Crippen molar-refractivity contribution in [1.82, 2.24) is 0 Å². The van der Waals surface area contributed by atoms with Crippen molar-refractivity contribution in [2.75, 3.05) is 0 Å². The molecule has 1 fully saturated rings. The molecule has 3 heteroatoms. The van der Waals surface area contributed by atoms with E-state index >= 15 is 0 Å². The first-order valence-electron chi connectivity index (χ1n) is 3.21. The predicted molar refractivity (Wildman–Crippen MR) is 41.4 cm³/mol. The van der Waals surface area contributed by atoms with Gasteiger partial charge >= 0.3 is 0 Å². The Hall–Kier alpha value is -0.0400. The summed E-state index contributed by atoms with van der Waals surface area (Å²) in [5.41, 5.74) is 0. The van der Waals surface area contributed by atoms with Crippen LogP contribution in [0.25, 0.3) is 0 Å². The first-order valence-corrected chi connectivity index (χ1v) is 4.00. The zero-order chi connectivity index (χ0) is 7.56. The Kier molecular flexibility index (Phi) is 2.72. The minimum atomic E-state index is -0.571. The molecule has 3 atom stereocenters. The Bertz CT molecular complexity index is 160. The smallest absolute Gasteiger partial charge is 0.0811 e. The molecule has 1 aliphatic carbocycles. The maximum absolute atomic E-state index is 9.06. The Morgan fingerprint density at radius 3 is 2.10 bits per heavy atom. The lowest BCUT2D eigenvalue weighted by molar-refractivity contribution is 0.0438. The minimum Gasteiger partial charge on any atom is -0.390 e. The molecule has 56 valence electrons. The lowest BCUT2D eigenvalue weighted by Gasteiger charge is -2.03. The van der Waals surface area contributed by atoms with Gasteiger partial charge in [-0.2, -0.15) is 0 Å². The Morgan fingerprint density at radius 2 is 1.70 bits per heavy atom. The van der Waals surface area contributed by atoms with Crippen LogP contribution in [0.5, 0.6) is 0 Å². The predicted octanol–water partition coefficient (Wildman–Crippen LogP) is 0.474. The summed E-state index contributed by atoms with van der Waals surface area (Å²) in [6.45, 7) is 0. The Balaban J connectivity index is 2.46. The number of halogens is 1. The van der Waals surface area contributed by atoms with Crippen LogP contribution in [0.1, 0.15) is 12.8 Å². The molecule has 0 unspecified atom stereocenters. The summed E-state index contributed by atoms with van der Waals surface area (Å²) in [4.78, 5) is 2.59. The molecule has 1 saturated carbocycles. The van der Waals surface area contributed by atoms with Crippen LogP contribution < -0.4 is 0 Å². The van der Waals surface area contributed by atoms with Crippen LogP contribution in [0, 0.1) is 16.7 Å². The van der Waals surface area contributed by atoms with Gasteiger partial charge in [0.2, 0.25) is 0 Å². The molecular formula is C7H9BrO2. The van der Waals surface area contributed by atoms with E-state index in [2.05, 4.69) is 26.7 Å². The van der Waals surface area contributed by atoms with Crippen LogP contribution in [-0.4, -0.2) is 22.4 Å². The number of aliphatic hydroxyl groups is 2. The van der Waals surface area contributed by atoms with E-state index in [-0.39, 0.29) is 5.92 Å². The van der Waals surface area contributed by atoms with Crippen molar-refractivity contribution in [3.05, 3.63) is 0 Å². The van der Waals surface area contributed by atoms with Crippen LogP contribution in [-0.2, 0) is 0 Å². The van der Waals surface area contributed by atoms with Crippen molar-refractivity contribution in [3.63, 3.8) is 0 Å². The third-order valence-electron chi connectivity index (χ3n) is 1.75. The molecule has 0 radical (unpaired) electrons. The first-order chi connectivity index (χ1) is 4.74. The standard InChI is InChI=1S/C7H9BrO2/c8-2-1-5-3-6(9)7(10)4-5/h5-7,9-10H,3-4H2/t5-,6+,7-. The summed E-state index contributed by atoms with van der Waals surface area (Å²) in [6.07, 6.45) is 0.0520. The average Bonchev–Trinajstić information content (AvgIpc) is 2.14. The van der Waals surface area contributed by atoms with Crippen molar-refractivity contribution in [3.8, 4) is 10.8 Å². The summed E-state index contributed by atoms with van der Waals surface area (Å²) in [5, 5.41) is 18.1. The maximum Gasteiger partial charge on any atom is 0.0811 e. The third kappa shape index (κ3) is 1.72. The van der Waals surface area contributed by atoms with E-state index in [9.17, 15) is 0 Å². The highest BCUT2D eigenvalue weighted by molar-refractivity contribution is 9.12. The monoisotopic (exact) mass is 204 g/mol. The highest BCUT2D eigenvalue weighted by Crippen LogP contribution is 2.25.